The summed E-state index contributed by atoms with van der Waals surface area (Å²) in [6.07, 6.45) is 7.25. The van der Waals surface area contributed by atoms with Crippen molar-refractivity contribution in [1.82, 2.24) is 19.1 Å². The molecule has 7 heteroatoms. The third-order valence-corrected chi connectivity index (χ3v) is 10.4. The first kappa shape index (κ1) is 37.0. The van der Waals surface area contributed by atoms with Gasteiger partial charge in [0.15, 0.2) is 0 Å². The van der Waals surface area contributed by atoms with Gasteiger partial charge in [0.25, 0.3) is 6.33 Å². The molecule has 0 aliphatic rings. The first-order valence-corrected chi connectivity index (χ1v) is 19.1. The monoisotopic (exact) mass is 930 g/mol. The standard InChI is InChI=1S/C51H37N5O.Pt/c1-51(2,3)39-24-26-53-50(31-39)56-45-19-11-10-18-43(45)44-23-22-41(32-48(44)56)57-42-25-27-52-49(33-42)55-34-54(46-20-12-13-21-47(46)55)40-29-37(35-14-6-4-7-15-35)28-38(30-40)36-16-8-5-9-17-36;/h4-31H,1-3H3;/q-2;. The normalized spacial score (nSPS) is 11.6. The van der Waals surface area contributed by atoms with Crippen molar-refractivity contribution in [1.29, 1.82) is 0 Å². The summed E-state index contributed by atoms with van der Waals surface area (Å²) in [5.41, 5.74) is 10.6. The fourth-order valence-electron chi connectivity index (χ4n) is 7.57. The van der Waals surface area contributed by atoms with Gasteiger partial charge in [-0.3, -0.25) is 14.1 Å². The zero-order valence-corrected chi connectivity index (χ0v) is 34.4. The molecule has 0 aliphatic heterocycles. The molecule has 4 heterocycles. The number of para-hydroxylation sites is 3. The van der Waals surface area contributed by atoms with Gasteiger partial charge in [-0.1, -0.05) is 136 Å². The summed E-state index contributed by atoms with van der Waals surface area (Å²) in [5, 5.41) is 2.20. The smallest absolute Gasteiger partial charge is 0.269 e. The zero-order chi connectivity index (χ0) is 38.5. The van der Waals surface area contributed by atoms with Crippen LogP contribution in [-0.4, -0.2) is 19.1 Å². The van der Waals surface area contributed by atoms with E-state index in [0.717, 1.165) is 66.6 Å². The average molecular weight is 931 g/mol. The van der Waals surface area contributed by atoms with E-state index in [9.17, 15) is 0 Å². The molecule has 4 aromatic heterocycles. The Morgan fingerprint density at radius 3 is 1.93 bits per heavy atom. The Balaban J connectivity index is 0.00000436. The molecule has 284 valence electrons. The molecular weight excluding hydrogens is 894 g/mol. The Hall–Kier alpha value is -6.62. The Morgan fingerprint density at radius 1 is 0.569 bits per heavy atom. The Bertz CT molecular complexity index is 3030. The number of fused-ring (bicyclic) bond motifs is 4. The van der Waals surface area contributed by atoms with Crippen molar-refractivity contribution >= 4 is 32.8 Å². The second kappa shape index (κ2) is 15.0. The maximum absolute atomic E-state index is 6.53. The Kier molecular flexibility index (Phi) is 9.59. The summed E-state index contributed by atoms with van der Waals surface area (Å²) in [6.45, 7) is 6.65. The molecule has 0 fully saturated rings. The molecule has 0 unspecified atom stereocenters. The van der Waals surface area contributed by atoms with E-state index in [1.165, 1.54) is 5.56 Å². The zero-order valence-electron chi connectivity index (χ0n) is 32.1. The quantitative estimate of drug-likeness (QED) is 0.118. The molecule has 0 aliphatic carbocycles. The van der Waals surface area contributed by atoms with E-state index in [1.54, 1.807) is 6.20 Å². The van der Waals surface area contributed by atoms with Gasteiger partial charge >= 0.3 is 0 Å². The van der Waals surface area contributed by atoms with Gasteiger partial charge in [-0.25, -0.2) is 4.98 Å². The van der Waals surface area contributed by atoms with Crippen molar-refractivity contribution in [2.75, 3.05) is 0 Å². The first-order valence-electron chi connectivity index (χ1n) is 19.1. The minimum atomic E-state index is -0.0254. The van der Waals surface area contributed by atoms with Crippen LogP contribution in [0, 0.1) is 18.5 Å². The van der Waals surface area contributed by atoms with Crippen molar-refractivity contribution in [2.24, 2.45) is 0 Å². The molecule has 0 bridgehead atoms. The van der Waals surface area contributed by atoms with Crippen LogP contribution in [0.5, 0.6) is 11.5 Å². The van der Waals surface area contributed by atoms with Gasteiger partial charge in [-0.2, -0.15) is 18.2 Å². The molecule has 0 spiro atoms. The summed E-state index contributed by atoms with van der Waals surface area (Å²) >= 11 is 0. The second-order valence-electron chi connectivity index (χ2n) is 15.2. The predicted octanol–water partition coefficient (Wildman–Crippen LogP) is 11.6. The van der Waals surface area contributed by atoms with Gasteiger partial charge in [0, 0.05) is 38.5 Å². The molecular formula is C51H37N5OPt-2. The van der Waals surface area contributed by atoms with Crippen LogP contribution in [0.2, 0.25) is 0 Å². The molecule has 0 amide bonds. The van der Waals surface area contributed by atoms with E-state index in [1.807, 2.05) is 47.2 Å². The summed E-state index contributed by atoms with van der Waals surface area (Å²) in [4.78, 5) is 9.58. The van der Waals surface area contributed by atoms with E-state index < -0.39 is 0 Å². The minimum Gasteiger partial charge on any atom is -0.522 e. The molecule has 10 rings (SSSR count). The van der Waals surface area contributed by atoms with E-state index in [-0.39, 0.29) is 26.5 Å². The van der Waals surface area contributed by atoms with Gasteiger partial charge in [-0.15, -0.1) is 17.5 Å². The van der Waals surface area contributed by atoms with E-state index in [2.05, 4.69) is 170 Å². The number of pyridine rings is 2. The molecule has 10 aromatic rings. The number of ether oxygens (including phenoxy) is 1. The van der Waals surface area contributed by atoms with E-state index in [4.69, 9.17) is 14.7 Å². The van der Waals surface area contributed by atoms with Crippen LogP contribution < -0.4 is 9.30 Å². The molecule has 6 nitrogen and oxygen atoms in total. The number of aromatic nitrogens is 5. The number of hydrogen-bond donors (Lipinski definition) is 0. The van der Waals surface area contributed by atoms with Crippen molar-refractivity contribution in [3.63, 3.8) is 0 Å². The largest absolute Gasteiger partial charge is 0.522 e. The van der Waals surface area contributed by atoms with Crippen LogP contribution in [0.1, 0.15) is 26.3 Å². The first-order chi connectivity index (χ1) is 27.9. The van der Waals surface area contributed by atoms with E-state index in [0.29, 0.717) is 17.3 Å². The molecule has 58 heavy (non-hydrogen) atoms. The van der Waals surface area contributed by atoms with Gasteiger partial charge < -0.3 is 9.30 Å². The molecule has 0 atom stereocenters. The SMILES string of the molecule is CC(C)(C)c1ccnc(-n2c3[c-]c(Oc4[c-]c(-n5[c-][n+](-c6cc(-c7ccccc7)cc(-c7ccccc7)c6)c6ccccc65)ncc4)ccc3c3ccccc32)c1.[Pt]. The van der Waals surface area contributed by atoms with Gasteiger partial charge in [0.1, 0.15) is 5.82 Å². The fraction of sp³-hybridized carbons (Fsp3) is 0.0784. The van der Waals surface area contributed by atoms with Crippen molar-refractivity contribution in [3.8, 4) is 51.1 Å². The Morgan fingerprint density at radius 2 is 1.21 bits per heavy atom. The van der Waals surface area contributed by atoms with Crippen molar-refractivity contribution in [2.45, 2.75) is 26.2 Å². The number of rotatable bonds is 7. The third-order valence-electron chi connectivity index (χ3n) is 10.4. The number of nitrogens with zero attached hydrogens (tertiary/aromatic N) is 5. The van der Waals surface area contributed by atoms with Crippen molar-refractivity contribution in [3.05, 3.63) is 194 Å². The molecule has 0 N–H and O–H groups in total. The summed E-state index contributed by atoms with van der Waals surface area (Å²) in [7, 11) is 0. The summed E-state index contributed by atoms with van der Waals surface area (Å²) in [6, 6.07) is 61.4. The summed E-state index contributed by atoms with van der Waals surface area (Å²) in [5.74, 6) is 2.48. The second-order valence-corrected chi connectivity index (χ2v) is 15.2. The van der Waals surface area contributed by atoms with Crippen LogP contribution in [0.15, 0.2) is 170 Å². The van der Waals surface area contributed by atoms with Crippen LogP contribution in [-0.2, 0) is 26.5 Å². The average Bonchev–Trinajstić information content (AvgIpc) is 3.80. The van der Waals surface area contributed by atoms with Gasteiger partial charge in [0.05, 0.1) is 22.5 Å². The Labute approximate surface area is 351 Å². The van der Waals surface area contributed by atoms with Crippen LogP contribution in [0.3, 0.4) is 0 Å². The number of hydrogen-bond acceptors (Lipinski definition) is 3. The van der Waals surface area contributed by atoms with Crippen molar-refractivity contribution < 1.29 is 30.4 Å². The fourth-order valence-corrected chi connectivity index (χ4v) is 7.57. The number of benzene rings is 6. The van der Waals surface area contributed by atoms with Crippen LogP contribution in [0.25, 0.3) is 72.4 Å². The third kappa shape index (κ3) is 6.80. The molecule has 0 saturated heterocycles. The van der Waals surface area contributed by atoms with E-state index >= 15 is 0 Å². The molecule has 6 aromatic carbocycles. The molecule has 0 saturated carbocycles. The van der Waals surface area contributed by atoms with Gasteiger partial charge in [-0.05, 0) is 80.8 Å². The molecule has 0 radical (unpaired) electrons. The minimum absolute atomic E-state index is 0. The topological polar surface area (TPSA) is 48.8 Å². The predicted molar refractivity (Wildman–Crippen MR) is 227 cm³/mol. The van der Waals surface area contributed by atoms with Gasteiger partial charge in [0.2, 0.25) is 0 Å². The maximum atomic E-state index is 6.53. The maximum Gasteiger partial charge on any atom is 0.269 e. The van der Waals surface area contributed by atoms with Crippen LogP contribution in [0.4, 0.5) is 0 Å². The number of imidazole rings is 1. The summed E-state index contributed by atoms with van der Waals surface area (Å²) < 4.78 is 12.7. The van der Waals surface area contributed by atoms with Crippen LogP contribution >= 0.6 is 0 Å².